The van der Waals surface area contributed by atoms with Crippen molar-refractivity contribution in [2.45, 2.75) is 45.3 Å². The second-order valence-corrected chi connectivity index (χ2v) is 5.87. The number of nitrogens with zero attached hydrogens (tertiary/aromatic N) is 2. The van der Waals surface area contributed by atoms with Crippen LogP contribution in [0, 0.1) is 0 Å². The van der Waals surface area contributed by atoms with Gasteiger partial charge in [0.1, 0.15) is 0 Å². The molecule has 0 radical (unpaired) electrons. The summed E-state index contributed by atoms with van der Waals surface area (Å²) < 4.78 is 0. The van der Waals surface area contributed by atoms with E-state index >= 15 is 0 Å². The summed E-state index contributed by atoms with van der Waals surface area (Å²) in [6.07, 6.45) is 4.22. The number of hydrogen-bond donors (Lipinski definition) is 1. The van der Waals surface area contributed by atoms with Gasteiger partial charge in [-0.25, -0.2) is 4.98 Å². The Hall–Kier alpha value is -0.450. The summed E-state index contributed by atoms with van der Waals surface area (Å²) in [6, 6.07) is 0.658. The van der Waals surface area contributed by atoms with Crippen LogP contribution >= 0.6 is 11.3 Å². The number of aliphatic hydroxyl groups excluding tert-OH is 1. The summed E-state index contributed by atoms with van der Waals surface area (Å²) in [6.45, 7) is 7.00. The molecule has 1 fully saturated rings. The number of hydrogen-bond acceptors (Lipinski definition) is 4. The van der Waals surface area contributed by atoms with Crippen LogP contribution in [-0.4, -0.2) is 34.1 Å². The molecule has 0 spiro atoms. The molecule has 1 aliphatic rings. The van der Waals surface area contributed by atoms with Gasteiger partial charge in [-0.3, -0.25) is 0 Å². The third-order valence-corrected chi connectivity index (χ3v) is 4.48. The monoisotopic (exact) mass is 240 g/mol. The van der Waals surface area contributed by atoms with Gasteiger partial charge >= 0.3 is 0 Å². The van der Waals surface area contributed by atoms with Crippen molar-refractivity contribution in [2.75, 3.05) is 13.1 Å². The lowest BCUT2D eigenvalue weighted by Crippen LogP contribution is -2.37. The van der Waals surface area contributed by atoms with Gasteiger partial charge in [-0.1, -0.05) is 0 Å². The number of rotatable bonds is 3. The topological polar surface area (TPSA) is 36.4 Å². The molecule has 0 atom stereocenters. The van der Waals surface area contributed by atoms with Crippen molar-refractivity contribution in [1.82, 2.24) is 9.88 Å². The van der Waals surface area contributed by atoms with Gasteiger partial charge in [0, 0.05) is 18.2 Å². The van der Waals surface area contributed by atoms with E-state index in [2.05, 4.69) is 23.7 Å². The normalized spacial score (nSPS) is 19.5. The smallest absolute Gasteiger partial charge is 0.0960 e. The molecule has 90 valence electrons. The largest absolute Gasteiger partial charge is 0.391 e. The van der Waals surface area contributed by atoms with E-state index in [9.17, 15) is 0 Å². The number of likely N-dealkylation sites (tertiary alicyclic amines) is 1. The molecule has 16 heavy (non-hydrogen) atoms. The zero-order valence-electron chi connectivity index (χ0n) is 10.0. The highest BCUT2D eigenvalue weighted by molar-refractivity contribution is 7.11. The van der Waals surface area contributed by atoms with Crippen LogP contribution in [0.25, 0.3) is 0 Å². The Balaban J connectivity index is 1.93. The molecule has 1 aromatic heterocycles. The number of aromatic nitrogens is 1. The summed E-state index contributed by atoms with van der Waals surface area (Å²) in [5.41, 5.74) is 0. The predicted octanol–water partition coefficient (Wildman–Crippen LogP) is 2.22. The average molecular weight is 240 g/mol. The van der Waals surface area contributed by atoms with Crippen LogP contribution in [0.5, 0.6) is 0 Å². The SMILES string of the molecule is CC(C)N1CCC(c2ncc(CO)s2)CC1. The number of piperidine rings is 1. The van der Waals surface area contributed by atoms with Crippen LogP contribution in [0.1, 0.15) is 42.5 Å². The van der Waals surface area contributed by atoms with Gasteiger partial charge in [-0.2, -0.15) is 0 Å². The first-order valence-corrected chi connectivity index (χ1v) is 6.82. The van der Waals surface area contributed by atoms with Gasteiger partial charge < -0.3 is 10.0 Å². The van der Waals surface area contributed by atoms with Crippen LogP contribution in [0.15, 0.2) is 6.20 Å². The third-order valence-electron chi connectivity index (χ3n) is 3.34. The second kappa shape index (κ2) is 5.25. The molecule has 0 amide bonds. The zero-order valence-corrected chi connectivity index (χ0v) is 10.8. The van der Waals surface area contributed by atoms with Gasteiger partial charge in [0.05, 0.1) is 16.5 Å². The predicted molar refractivity (Wildman–Crippen MR) is 66.7 cm³/mol. The maximum atomic E-state index is 9.03. The summed E-state index contributed by atoms with van der Waals surface area (Å²) in [7, 11) is 0. The summed E-state index contributed by atoms with van der Waals surface area (Å²) in [4.78, 5) is 7.93. The standard InChI is InChI=1S/C12H20N2OS/c1-9(2)14-5-3-10(4-6-14)12-13-7-11(8-15)16-12/h7,9-10,15H,3-6,8H2,1-2H3. The van der Waals surface area contributed by atoms with Gasteiger partial charge in [-0.15, -0.1) is 11.3 Å². The molecular weight excluding hydrogens is 220 g/mol. The van der Waals surface area contributed by atoms with Crippen LogP contribution in [0.2, 0.25) is 0 Å². The molecule has 4 heteroatoms. The molecule has 3 nitrogen and oxygen atoms in total. The minimum Gasteiger partial charge on any atom is -0.391 e. The van der Waals surface area contributed by atoms with E-state index in [0.717, 1.165) is 4.88 Å². The van der Waals surface area contributed by atoms with Crippen molar-refractivity contribution in [1.29, 1.82) is 0 Å². The van der Waals surface area contributed by atoms with E-state index in [4.69, 9.17) is 5.11 Å². The summed E-state index contributed by atoms with van der Waals surface area (Å²) >= 11 is 1.67. The molecule has 0 unspecified atom stereocenters. The van der Waals surface area contributed by atoms with Gasteiger partial charge in [0.25, 0.3) is 0 Å². The highest BCUT2D eigenvalue weighted by Gasteiger charge is 2.23. The number of aliphatic hydroxyl groups is 1. The molecule has 1 saturated heterocycles. The Labute approximate surface area is 101 Å². The minimum atomic E-state index is 0.127. The van der Waals surface area contributed by atoms with E-state index < -0.39 is 0 Å². The molecule has 1 aliphatic heterocycles. The second-order valence-electron chi connectivity index (χ2n) is 4.73. The van der Waals surface area contributed by atoms with Gasteiger partial charge in [0.2, 0.25) is 0 Å². The van der Waals surface area contributed by atoms with Crippen molar-refractivity contribution < 1.29 is 5.11 Å². The van der Waals surface area contributed by atoms with Crippen molar-refractivity contribution >= 4 is 11.3 Å². The van der Waals surface area contributed by atoms with Gasteiger partial charge in [-0.05, 0) is 39.8 Å². The van der Waals surface area contributed by atoms with Crippen LogP contribution in [-0.2, 0) is 6.61 Å². The van der Waals surface area contributed by atoms with Crippen LogP contribution in [0.3, 0.4) is 0 Å². The molecule has 0 saturated carbocycles. The fraction of sp³-hybridized carbons (Fsp3) is 0.750. The number of thiazole rings is 1. The molecule has 1 aromatic rings. The van der Waals surface area contributed by atoms with Crippen molar-refractivity contribution in [3.63, 3.8) is 0 Å². The van der Waals surface area contributed by atoms with Crippen molar-refractivity contribution in [3.05, 3.63) is 16.1 Å². The van der Waals surface area contributed by atoms with Crippen LogP contribution < -0.4 is 0 Å². The maximum Gasteiger partial charge on any atom is 0.0960 e. The Bertz CT molecular complexity index is 330. The fourth-order valence-electron chi connectivity index (χ4n) is 2.25. The fourth-order valence-corrected chi connectivity index (χ4v) is 3.19. The van der Waals surface area contributed by atoms with E-state index in [-0.39, 0.29) is 6.61 Å². The lowest BCUT2D eigenvalue weighted by Gasteiger charge is -2.33. The third kappa shape index (κ3) is 2.62. The van der Waals surface area contributed by atoms with E-state index in [1.54, 1.807) is 11.3 Å². The summed E-state index contributed by atoms with van der Waals surface area (Å²) in [5, 5.41) is 10.2. The highest BCUT2D eigenvalue weighted by atomic mass is 32.1. The Morgan fingerprint density at radius 2 is 2.19 bits per heavy atom. The van der Waals surface area contributed by atoms with Crippen molar-refractivity contribution in [2.24, 2.45) is 0 Å². The molecular formula is C12H20N2OS. The molecule has 0 aliphatic carbocycles. The van der Waals surface area contributed by atoms with E-state index in [1.807, 2.05) is 6.20 Å². The van der Waals surface area contributed by atoms with Gasteiger partial charge in [0.15, 0.2) is 0 Å². The van der Waals surface area contributed by atoms with E-state index in [0.29, 0.717) is 12.0 Å². The first kappa shape index (κ1) is 12.0. The molecule has 0 aromatic carbocycles. The lowest BCUT2D eigenvalue weighted by molar-refractivity contribution is 0.172. The first-order valence-electron chi connectivity index (χ1n) is 6.00. The zero-order chi connectivity index (χ0) is 11.5. The van der Waals surface area contributed by atoms with E-state index in [1.165, 1.54) is 30.9 Å². The molecule has 2 heterocycles. The minimum absolute atomic E-state index is 0.127. The molecule has 2 rings (SSSR count). The summed E-state index contributed by atoms with van der Waals surface area (Å²) in [5.74, 6) is 0.611. The lowest BCUT2D eigenvalue weighted by atomic mass is 9.97. The maximum absolute atomic E-state index is 9.03. The average Bonchev–Trinajstić information content (AvgIpc) is 2.77. The highest BCUT2D eigenvalue weighted by Crippen LogP contribution is 2.31. The Morgan fingerprint density at radius 1 is 1.50 bits per heavy atom. The van der Waals surface area contributed by atoms with Crippen molar-refractivity contribution in [3.8, 4) is 0 Å². The Kier molecular flexibility index (Phi) is 3.95. The Morgan fingerprint density at radius 3 is 2.69 bits per heavy atom. The molecule has 0 bridgehead atoms. The molecule has 1 N–H and O–H groups in total. The quantitative estimate of drug-likeness (QED) is 0.880. The first-order chi connectivity index (χ1) is 7.70. The van der Waals surface area contributed by atoms with Crippen LogP contribution in [0.4, 0.5) is 0 Å².